The summed E-state index contributed by atoms with van der Waals surface area (Å²) in [6.45, 7) is 9.15. The number of nitrogens with zero attached hydrogens (tertiary/aromatic N) is 1. The Morgan fingerprint density at radius 1 is 0.600 bits per heavy atom. The average molecular weight is 661 g/mol. The van der Waals surface area contributed by atoms with Gasteiger partial charge in [-0.3, -0.25) is 13.8 Å². The molecule has 45 heavy (non-hydrogen) atoms. The summed E-state index contributed by atoms with van der Waals surface area (Å²) in [5.74, 6) is -0.0200. The van der Waals surface area contributed by atoms with Crippen molar-refractivity contribution in [2.45, 2.75) is 194 Å². The van der Waals surface area contributed by atoms with Gasteiger partial charge in [0.05, 0.1) is 13.2 Å². The number of carbonyl (C=O) groups is 1. The van der Waals surface area contributed by atoms with E-state index < -0.39 is 7.75 Å². The number of carbonyl (C=O) groups excluding carboxylic acids is 1. The Bertz CT molecular complexity index is 663. The summed E-state index contributed by atoms with van der Waals surface area (Å²) in [6.07, 6.45) is 29.2. The molecular weight excluding hydrogens is 583 g/mol. The maximum Gasteiger partial charge on any atom is 0.405 e. The van der Waals surface area contributed by atoms with Crippen molar-refractivity contribution in [3.8, 4) is 0 Å². The third-order valence-electron chi connectivity index (χ3n) is 8.44. The van der Waals surface area contributed by atoms with E-state index in [4.69, 9.17) is 13.8 Å². The lowest BCUT2D eigenvalue weighted by Gasteiger charge is -2.20. The molecule has 1 N–H and O–H groups in total. The van der Waals surface area contributed by atoms with Gasteiger partial charge in [0.1, 0.15) is 6.10 Å². The fourth-order valence-electron chi connectivity index (χ4n) is 5.53. The molecule has 0 heterocycles. The molecule has 0 aromatic carbocycles. The summed E-state index contributed by atoms with van der Waals surface area (Å²) in [7, 11) is 0.793. The minimum Gasteiger partial charge on any atom is -0.462 e. The number of unbranched alkanes of at least 4 members (excludes halogenated alkanes) is 18. The van der Waals surface area contributed by atoms with Crippen LogP contribution in [0, 0.1) is 0 Å². The average Bonchev–Trinajstić information content (AvgIpc) is 3.01. The summed E-state index contributed by atoms with van der Waals surface area (Å²) in [6, 6.07) is 0. The van der Waals surface area contributed by atoms with Crippen LogP contribution in [0.5, 0.6) is 0 Å². The van der Waals surface area contributed by atoms with E-state index in [9.17, 15) is 9.36 Å². The zero-order chi connectivity index (χ0) is 33.3. The second-order valence-electron chi connectivity index (χ2n) is 13.4. The Morgan fingerprint density at radius 2 is 1.02 bits per heavy atom. The fourth-order valence-corrected chi connectivity index (χ4v) is 6.96. The van der Waals surface area contributed by atoms with Crippen LogP contribution in [0.3, 0.4) is 0 Å². The topological polar surface area (TPSA) is 77.1 Å². The molecule has 0 fully saturated rings. The first-order chi connectivity index (χ1) is 21.9. The predicted molar refractivity (Wildman–Crippen MR) is 193 cm³/mol. The standard InChI is InChI=1S/C37H77N2O5P/c1-6-9-12-15-18-23-29-36(30-24-19-16-13-10-7-2)44-37(40)31-25-20-17-22-27-35-43-45(41,38-32-28-33-39(4)5)42-34-26-21-14-11-8-3/h36H,6-35H2,1-5H3,(H,38,41). The lowest BCUT2D eigenvalue weighted by Crippen LogP contribution is -2.21. The smallest absolute Gasteiger partial charge is 0.405 e. The summed E-state index contributed by atoms with van der Waals surface area (Å²) in [5.41, 5.74) is 0. The van der Waals surface area contributed by atoms with Crippen LogP contribution in [0.25, 0.3) is 0 Å². The first-order valence-corrected chi connectivity index (χ1v) is 20.9. The van der Waals surface area contributed by atoms with Crippen molar-refractivity contribution in [1.29, 1.82) is 0 Å². The van der Waals surface area contributed by atoms with Gasteiger partial charge >= 0.3 is 13.7 Å². The summed E-state index contributed by atoms with van der Waals surface area (Å²) in [5, 5.41) is 3.07. The molecule has 0 spiro atoms. The highest BCUT2D eigenvalue weighted by Gasteiger charge is 2.23. The number of ether oxygens (including phenoxy) is 1. The van der Waals surface area contributed by atoms with Gasteiger partial charge in [-0.25, -0.2) is 9.65 Å². The van der Waals surface area contributed by atoms with Crippen molar-refractivity contribution in [1.82, 2.24) is 9.99 Å². The highest BCUT2D eigenvalue weighted by atomic mass is 31.2. The molecule has 0 bridgehead atoms. The first kappa shape index (κ1) is 44.5. The van der Waals surface area contributed by atoms with E-state index in [2.05, 4.69) is 30.8 Å². The summed E-state index contributed by atoms with van der Waals surface area (Å²) >= 11 is 0. The van der Waals surface area contributed by atoms with Crippen LogP contribution < -0.4 is 5.09 Å². The summed E-state index contributed by atoms with van der Waals surface area (Å²) < 4.78 is 30.8. The first-order valence-electron chi connectivity index (χ1n) is 19.3. The van der Waals surface area contributed by atoms with E-state index in [0.29, 0.717) is 26.2 Å². The highest BCUT2D eigenvalue weighted by Crippen LogP contribution is 2.44. The normalized spacial score (nSPS) is 13.1. The molecule has 0 aliphatic heterocycles. The molecule has 1 atom stereocenters. The van der Waals surface area contributed by atoms with E-state index in [0.717, 1.165) is 70.8 Å². The Hall–Kier alpha value is -0.460. The van der Waals surface area contributed by atoms with E-state index in [1.807, 2.05) is 14.1 Å². The van der Waals surface area contributed by atoms with E-state index >= 15 is 0 Å². The van der Waals surface area contributed by atoms with Crippen LogP contribution in [0.4, 0.5) is 0 Å². The quantitative estimate of drug-likeness (QED) is 0.0407. The molecule has 0 radical (unpaired) electrons. The van der Waals surface area contributed by atoms with Crippen molar-refractivity contribution >= 4 is 13.7 Å². The van der Waals surface area contributed by atoms with Crippen LogP contribution in [0.15, 0.2) is 0 Å². The van der Waals surface area contributed by atoms with Gasteiger partial charge in [0.25, 0.3) is 0 Å². The SMILES string of the molecule is CCCCCCCCC(CCCCCCCC)OC(=O)CCCCCCCOP(=O)(NCCCN(C)C)OCCCCCCC. The third-order valence-corrected chi connectivity index (χ3v) is 10.1. The fraction of sp³-hybridized carbons (Fsp3) is 0.973. The van der Waals surface area contributed by atoms with E-state index in [1.54, 1.807) is 0 Å². The number of rotatable bonds is 36. The molecule has 0 aromatic heterocycles. The maximum absolute atomic E-state index is 13.3. The van der Waals surface area contributed by atoms with Gasteiger partial charge in [-0.15, -0.1) is 0 Å². The lowest BCUT2D eigenvalue weighted by atomic mass is 10.0. The summed E-state index contributed by atoms with van der Waals surface area (Å²) in [4.78, 5) is 14.8. The van der Waals surface area contributed by atoms with Crippen LogP contribution >= 0.6 is 7.75 Å². The molecule has 8 heteroatoms. The second kappa shape index (κ2) is 33.4. The van der Waals surface area contributed by atoms with Crippen molar-refractivity contribution < 1.29 is 23.1 Å². The Balaban J connectivity index is 4.29. The molecule has 0 rings (SSSR count). The predicted octanol–water partition coefficient (Wildman–Crippen LogP) is 11.4. The monoisotopic (exact) mass is 661 g/mol. The van der Waals surface area contributed by atoms with Crippen molar-refractivity contribution in [3.63, 3.8) is 0 Å². The Morgan fingerprint density at radius 3 is 1.49 bits per heavy atom. The maximum atomic E-state index is 13.3. The largest absolute Gasteiger partial charge is 0.462 e. The molecule has 0 aliphatic rings. The van der Waals surface area contributed by atoms with Gasteiger partial charge in [-0.1, -0.05) is 130 Å². The molecule has 270 valence electrons. The lowest BCUT2D eigenvalue weighted by molar-refractivity contribution is -0.150. The van der Waals surface area contributed by atoms with Gasteiger partial charge < -0.3 is 9.64 Å². The Labute approximate surface area is 280 Å². The van der Waals surface area contributed by atoms with Crippen LogP contribution in [0.2, 0.25) is 0 Å². The molecule has 1 unspecified atom stereocenters. The molecule has 0 amide bonds. The highest BCUT2D eigenvalue weighted by molar-refractivity contribution is 7.51. The molecule has 0 aromatic rings. The van der Waals surface area contributed by atoms with Crippen molar-refractivity contribution in [2.75, 3.05) is 40.4 Å². The van der Waals surface area contributed by atoms with E-state index in [-0.39, 0.29) is 12.1 Å². The molecular formula is C37H77N2O5P. The number of hydrogen-bond donors (Lipinski definition) is 1. The van der Waals surface area contributed by atoms with Gasteiger partial charge in [0, 0.05) is 13.0 Å². The zero-order valence-electron chi connectivity index (χ0n) is 30.7. The minimum absolute atomic E-state index is 0.0200. The Kier molecular flexibility index (Phi) is 33.1. The van der Waals surface area contributed by atoms with Gasteiger partial charge in [0.15, 0.2) is 0 Å². The molecule has 0 saturated carbocycles. The van der Waals surface area contributed by atoms with Crippen LogP contribution in [0.1, 0.15) is 188 Å². The van der Waals surface area contributed by atoms with Crippen LogP contribution in [-0.4, -0.2) is 57.4 Å². The number of esters is 1. The zero-order valence-corrected chi connectivity index (χ0v) is 31.6. The second-order valence-corrected chi connectivity index (χ2v) is 15.2. The minimum atomic E-state index is -3.28. The van der Waals surface area contributed by atoms with E-state index in [1.165, 1.54) is 96.3 Å². The van der Waals surface area contributed by atoms with Gasteiger partial charge in [-0.2, -0.15) is 0 Å². The van der Waals surface area contributed by atoms with Crippen LogP contribution in [-0.2, 0) is 23.1 Å². The van der Waals surface area contributed by atoms with Gasteiger partial charge in [-0.05, 0) is 72.0 Å². The van der Waals surface area contributed by atoms with Gasteiger partial charge in [0.2, 0.25) is 0 Å². The molecule has 7 nitrogen and oxygen atoms in total. The third kappa shape index (κ3) is 31.9. The van der Waals surface area contributed by atoms with Crippen molar-refractivity contribution in [3.05, 3.63) is 0 Å². The van der Waals surface area contributed by atoms with Crippen molar-refractivity contribution in [2.24, 2.45) is 0 Å². The number of hydrogen-bond acceptors (Lipinski definition) is 6. The molecule has 0 aliphatic carbocycles. The number of nitrogens with one attached hydrogen (secondary N) is 1. The molecule has 0 saturated heterocycles.